The number of piperidine rings is 1. The van der Waals surface area contributed by atoms with Crippen LogP contribution in [0.15, 0.2) is 41.3 Å². The molecule has 0 amide bonds. The van der Waals surface area contributed by atoms with Gasteiger partial charge in [-0.2, -0.15) is 0 Å². The molecule has 2 aliphatic rings. The van der Waals surface area contributed by atoms with Crippen molar-refractivity contribution in [2.45, 2.75) is 29.2 Å². The Morgan fingerprint density at radius 1 is 1.23 bits per heavy atom. The molecule has 0 saturated carbocycles. The molecule has 22 heavy (non-hydrogen) atoms. The standard InChI is InChI=1S/C15H14ClNO4S/c16-10-2-1-3-11(8-10)22-12-6-7-17-13(9-12)20-14(18)4-5-15(19)21-17/h1-5,8,12-13H,6-7,9H2/b5-4-. The van der Waals surface area contributed by atoms with Crippen molar-refractivity contribution in [2.24, 2.45) is 0 Å². The number of esters is 1. The molecule has 0 aliphatic carbocycles. The fourth-order valence-electron chi connectivity index (χ4n) is 2.38. The molecule has 1 saturated heterocycles. The predicted molar refractivity (Wildman–Crippen MR) is 82.1 cm³/mol. The Hall–Kier alpha value is -1.50. The van der Waals surface area contributed by atoms with E-state index in [1.54, 1.807) is 11.8 Å². The number of carbonyl (C=O) groups is 2. The Morgan fingerprint density at radius 2 is 2.05 bits per heavy atom. The molecule has 2 atom stereocenters. The average molecular weight is 340 g/mol. The molecule has 0 N–H and O–H groups in total. The van der Waals surface area contributed by atoms with Crippen molar-refractivity contribution in [1.29, 1.82) is 0 Å². The van der Waals surface area contributed by atoms with Crippen molar-refractivity contribution in [3.05, 3.63) is 41.4 Å². The largest absolute Gasteiger partial charge is 0.440 e. The second-order valence-corrected chi connectivity index (χ2v) is 6.81. The highest BCUT2D eigenvalue weighted by atomic mass is 35.5. The van der Waals surface area contributed by atoms with Crippen LogP contribution in [0.2, 0.25) is 5.02 Å². The molecule has 0 radical (unpaired) electrons. The van der Waals surface area contributed by atoms with E-state index in [0.717, 1.165) is 23.5 Å². The second kappa shape index (κ2) is 6.73. The van der Waals surface area contributed by atoms with Gasteiger partial charge in [0.1, 0.15) is 0 Å². The number of thioether (sulfide) groups is 1. The Balaban J connectivity index is 1.68. The van der Waals surface area contributed by atoms with E-state index in [2.05, 4.69) is 0 Å². The van der Waals surface area contributed by atoms with E-state index in [4.69, 9.17) is 21.2 Å². The average Bonchev–Trinajstić information content (AvgIpc) is 2.46. The summed E-state index contributed by atoms with van der Waals surface area (Å²) in [7, 11) is 0. The van der Waals surface area contributed by atoms with Crippen LogP contribution in [0.1, 0.15) is 12.8 Å². The van der Waals surface area contributed by atoms with Crippen LogP contribution in [0, 0.1) is 0 Å². The van der Waals surface area contributed by atoms with E-state index in [-0.39, 0.29) is 5.25 Å². The van der Waals surface area contributed by atoms with Gasteiger partial charge in [0.15, 0.2) is 6.23 Å². The molecule has 1 aromatic rings. The van der Waals surface area contributed by atoms with Crippen LogP contribution < -0.4 is 0 Å². The maximum atomic E-state index is 11.6. The normalized spacial score (nSPS) is 27.1. The molecule has 7 heteroatoms. The molecule has 2 heterocycles. The summed E-state index contributed by atoms with van der Waals surface area (Å²) in [6, 6.07) is 7.64. The van der Waals surface area contributed by atoms with Crippen molar-refractivity contribution in [1.82, 2.24) is 5.06 Å². The van der Waals surface area contributed by atoms with Crippen molar-refractivity contribution in [2.75, 3.05) is 6.54 Å². The summed E-state index contributed by atoms with van der Waals surface area (Å²) in [5, 5.41) is 2.40. The number of hydrogen-bond acceptors (Lipinski definition) is 6. The van der Waals surface area contributed by atoms with Gasteiger partial charge in [-0.15, -0.1) is 11.8 Å². The maximum absolute atomic E-state index is 11.6. The minimum absolute atomic E-state index is 0.259. The number of hydroxylamine groups is 2. The quantitative estimate of drug-likeness (QED) is 0.772. The molecule has 1 aromatic carbocycles. The summed E-state index contributed by atoms with van der Waals surface area (Å²) >= 11 is 7.68. The summed E-state index contributed by atoms with van der Waals surface area (Å²) in [6.45, 7) is 0.524. The summed E-state index contributed by atoms with van der Waals surface area (Å²) < 4.78 is 5.32. The molecule has 116 valence electrons. The third-order valence-electron chi connectivity index (χ3n) is 3.37. The van der Waals surface area contributed by atoms with Gasteiger partial charge in [0.05, 0.1) is 0 Å². The van der Waals surface area contributed by atoms with Crippen molar-refractivity contribution in [3.8, 4) is 0 Å². The molecule has 2 unspecified atom stereocenters. The van der Waals surface area contributed by atoms with E-state index >= 15 is 0 Å². The van der Waals surface area contributed by atoms with Gasteiger partial charge in [0, 0.05) is 40.3 Å². The first-order valence-electron chi connectivity index (χ1n) is 6.89. The lowest BCUT2D eigenvalue weighted by Crippen LogP contribution is -2.47. The van der Waals surface area contributed by atoms with Gasteiger partial charge in [-0.05, 0) is 24.6 Å². The van der Waals surface area contributed by atoms with Crippen LogP contribution >= 0.6 is 23.4 Å². The Kier molecular flexibility index (Phi) is 4.71. The van der Waals surface area contributed by atoms with E-state index in [0.29, 0.717) is 18.0 Å². The van der Waals surface area contributed by atoms with Crippen LogP contribution in [0.3, 0.4) is 0 Å². The van der Waals surface area contributed by atoms with Gasteiger partial charge >= 0.3 is 11.9 Å². The van der Waals surface area contributed by atoms with Crippen molar-refractivity contribution in [3.63, 3.8) is 0 Å². The number of rotatable bonds is 2. The van der Waals surface area contributed by atoms with Crippen LogP contribution in [-0.2, 0) is 19.2 Å². The molecular weight excluding hydrogens is 326 g/mol. The zero-order valence-electron chi connectivity index (χ0n) is 11.6. The molecule has 5 nitrogen and oxygen atoms in total. The van der Waals surface area contributed by atoms with Gasteiger partial charge in [-0.1, -0.05) is 22.7 Å². The topological polar surface area (TPSA) is 55.8 Å². The number of benzene rings is 1. The lowest BCUT2D eigenvalue weighted by molar-refractivity contribution is -0.246. The zero-order valence-corrected chi connectivity index (χ0v) is 13.2. The first kappa shape index (κ1) is 15.4. The third kappa shape index (κ3) is 3.82. The Morgan fingerprint density at radius 3 is 2.86 bits per heavy atom. The summed E-state index contributed by atoms with van der Waals surface area (Å²) in [4.78, 5) is 29.3. The van der Waals surface area contributed by atoms with Gasteiger partial charge in [0.2, 0.25) is 0 Å². The predicted octanol–water partition coefficient (Wildman–Crippen LogP) is 2.79. The first-order valence-corrected chi connectivity index (χ1v) is 8.15. The number of carbonyl (C=O) groups excluding carboxylic acids is 2. The van der Waals surface area contributed by atoms with Gasteiger partial charge in [-0.3, -0.25) is 0 Å². The summed E-state index contributed by atoms with van der Waals surface area (Å²) in [5.41, 5.74) is 0. The maximum Gasteiger partial charge on any atom is 0.350 e. The minimum Gasteiger partial charge on any atom is -0.440 e. The van der Waals surface area contributed by atoms with E-state index < -0.39 is 18.2 Å². The lowest BCUT2D eigenvalue weighted by atomic mass is 10.1. The molecule has 0 bridgehead atoms. The molecule has 3 rings (SSSR count). The molecule has 0 spiro atoms. The number of ether oxygens (including phenoxy) is 1. The smallest absolute Gasteiger partial charge is 0.350 e. The monoisotopic (exact) mass is 339 g/mol. The Bertz CT molecular complexity index is 621. The second-order valence-electron chi connectivity index (χ2n) is 5.00. The number of halogens is 1. The van der Waals surface area contributed by atoms with Crippen molar-refractivity contribution < 1.29 is 19.2 Å². The van der Waals surface area contributed by atoms with Crippen LogP contribution in [0.5, 0.6) is 0 Å². The fraction of sp³-hybridized carbons (Fsp3) is 0.333. The third-order valence-corrected chi connectivity index (χ3v) is 4.89. The molecule has 2 aliphatic heterocycles. The van der Waals surface area contributed by atoms with Gasteiger partial charge in [-0.25, -0.2) is 9.59 Å². The summed E-state index contributed by atoms with van der Waals surface area (Å²) in [6.07, 6.45) is 3.03. The van der Waals surface area contributed by atoms with Crippen LogP contribution in [0.4, 0.5) is 0 Å². The van der Waals surface area contributed by atoms with Gasteiger partial charge < -0.3 is 9.57 Å². The first-order chi connectivity index (χ1) is 10.6. The van der Waals surface area contributed by atoms with Gasteiger partial charge in [0.25, 0.3) is 0 Å². The lowest BCUT2D eigenvalue weighted by Gasteiger charge is -2.36. The highest BCUT2D eigenvalue weighted by Crippen LogP contribution is 2.34. The number of hydrogen-bond donors (Lipinski definition) is 0. The van der Waals surface area contributed by atoms with E-state index in [1.807, 2.05) is 24.3 Å². The SMILES string of the molecule is O=C1/C=C\C(=O)ON2CCC(Sc3cccc(Cl)c3)CC2O1. The Labute approximate surface area is 137 Å². The number of nitrogens with zero attached hydrogens (tertiary/aromatic N) is 1. The molecular formula is C15H14ClNO4S. The van der Waals surface area contributed by atoms with E-state index in [9.17, 15) is 9.59 Å². The summed E-state index contributed by atoms with van der Waals surface area (Å²) in [5.74, 6) is -1.08. The zero-order chi connectivity index (χ0) is 15.5. The fourth-order valence-corrected chi connectivity index (χ4v) is 3.86. The highest BCUT2D eigenvalue weighted by Gasteiger charge is 2.34. The molecule has 1 fully saturated rings. The minimum atomic E-state index is -0.553. The van der Waals surface area contributed by atoms with Crippen LogP contribution in [-0.4, -0.2) is 35.0 Å². The van der Waals surface area contributed by atoms with Crippen LogP contribution in [0.25, 0.3) is 0 Å². The van der Waals surface area contributed by atoms with Crippen molar-refractivity contribution >= 4 is 35.3 Å². The molecule has 0 aromatic heterocycles. The number of fused-ring (bicyclic) bond motifs is 1. The van der Waals surface area contributed by atoms with E-state index in [1.165, 1.54) is 5.06 Å². The highest BCUT2D eigenvalue weighted by molar-refractivity contribution is 8.00.